The van der Waals surface area contributed by atoms with Crippen LogP contribution in [0.4, 0.5) is 5.69 Å². The van der Waals surface area contributed by atoms with Gasteiger partial charge in [-0.2, -0.15) is 0 Å². The summed E-state index contributed by atoms with van der Waals surface area (Å²) in [7, 11) is 0. The summed E-state index contributed by atoms with van der Waals surface area (Å²) in [6, 6.07) is 8.46. The van der Waals surface area contributed by atoms with Crippen molar-refractivity contribution in [3.63, 3.8) is 0 Å². The molecule has 3 rings (SSSR count). The smallest absolute Gasteiger partial charge is 0.264 e. The summed E-state index contributed by atoms with van der Waals surface area (Å²) >= 11 is 5.16. The van der Waals surface area contributed by atoms with Crippen LogP contribution in [0.25, 0.3) is 0 Å². The first-order valence-electron chi connectivity index (χ1n) is 6.95. The van der Waals surface area contributed by atoms with Gasteiger partial charge < -0.3 is 30.5 Å². The van der Waals surface area contributed by atoms with Crippen molar-refractivity contribution in [3.8, 4) is 0 Å². The molecule has 2 saturated heterocycles. The van der Waals surface area contributed by atoms with Crippen LogP contribution in [0.2, 0.25) is 0 Å². The molecule has 23 heavy (non-hydrogen) atoms. The first-order valence-corrected chi connectivity index (χ1v) is 7.36. The fourth-order valence-electron chi connectivity index (χ4n) is 2.94. The van der Waals surface area contributed by atoms with E-state index in [0.717, 1.165) is 4.90 Å². The van der Waals surface area contributed by atoms with Gasteiger partial charge in [-0.3, -0.25) is 9.69 Å². The van der Waals surface area contributed by atoms with E-state index in [0.29, 0.717) is 5.69 Å². The average molecular weight is 340 g/mol. The minimum Gasteiger partial charge on any atom is -0.394 e. The molecule has 2 heterocycles. The highest BCUT2D eigenvalue weighted by molar-refractivity contribution is 7.80. The number of para-hydroxylation sites is 1. The van der Waals surface area contributed by atoms with Gasteiger partial charge >= 0.3 is 0 Å². The third-order valence-corrected chi connectivity index (χ3v) is 4.42. The zero-order chi connectivity index (χ0) is 16.8. The Morgan fingerprint density at radius 1 is 1.22 bits per heavy atom. The second-order valence-electron chi connectivity index (χ2n) is 5.41. The van der Waals surface area contributed by atoms with Gasteiger partial charge in [0.05, 0.1) is 12.3 Å². The van der Waals surface area contributed by atoms with E-state index >= 15 is 0 Å². The third-order valence-electron chi connectivity index (χ3n) is 4.14. The van der Waals surface area contributed by atoms with Crippen LogP contribution < -0.4 is 10.2 Å². The van der Waals surface area contributed by atoms with Gasteiger partial charge in [0.25, 0.3) is 5.91 Å². The quantitative estimate of drug-likeness (QED) is 0.395. The zero-order valence-electron chi connectivity index (χ0n) is 11.9. The Labute approximate surface area is 136 Å². The molecular weight excluding hydrogens is 324 g/mol. The minimum absolute atomic E-state index is 0.0231. The molecule has 2 aliphatic rings. The van der Waals surface area contributed by atoms with E-state index in [1.54, 1.807) is 30.3 Å². The van der Waals surface area contributed by atoms with Crippen LogP contribution in [0.15, 0.2) is 30.3 Å². The molecule has 1 aromatic rings. The van der Waals surface area contributed by atoms with Crippen molar-refractivity contribution in [2.45, 2.75) is 30.1 Å². The minimum atomic E-state index is -1.99. The number of ether oxygens (including phenoxy) is 1. The Morgan fingerprint density at radius 2 is 1.87 bits per heavy atom. The molecule has 0 saturated carbocycles. The molecule has 5 N–H and O–H groups in total. The van der Waals surface area contributed by atoms with Gasteiger partial charge in [-0.25, -0.2) is 0 Å². The van der Waals surface area contributed by atoms with Crippen molar-refractivity contribution in [2.24, 2.45) is 0 Å². The number of aliphatic hydroxyl groups excluding tert-OH is 4. The maximum absolute atomic E-state index is 12.9. The number of carbonyl (C=O) groups is 1. The summed E-state index contributed by atoms with van der Waals surface area (Å²) in [6.45, 7) is -0.639. The number of anilines is 1. The van der Waals surface area contributed by atoms with Gasteiger partial charge in [-0.15, -0.1) is 0 Å². The van der Waals surface area contributed by atoms with Gasteiger partial charge in [0.1, 0.15) is 18.3 Å². The van der Waals surface area contributed by atoms with Crippen LogP contribution in [0.3, 0.4) is 0 Å². The largest absolute Gasteiger partial charge is 0.394 e. The second kappa shape index (κ2) is 5.78. The number of hydrogen-bond acceptors (Lipinski definition) is 7. The van der Waals surface area contributed by atoms with Crippen molar-refractivity contribution in [3.05, 3.63) is 30.3 Å². The number of aliphatic hydroxyl groups is 4. The molecule has 9 heteroatoms. The molecule has 0 bridgehead atoms. The molecule has 8 nitrogen and oxygen atoms in total. The number of rotatable bonds is 2. The SMILES string of the molecule is O=C1N(c2ccccc2)C(=S)NC12C(O)[C@H](O)OC(CO)[C@H]2O. The summed E-state index contributed by atoms with van der Waals surface area (Å²) in [5, 5.41) is 42.4. The molecule has 2 fully saturated rings. The number of benzene rings is 1. The Hall–Kier alpha value is -1.62. The normalized spacial score (nSPS) is 37.3. The summed E-state index contributed by atoms with van der Waals surface area (Å²) < 4.78 is 4.92. The average Bonchev–Trinajstić information content (AvgIpc) is 2.82. The predicted octanol–water partition coefficient (Wildman–Crippen LogP) is -1.92. The lowest BCUT2D eigenvalue weighted by Crippen LogP contribution is -2.74. The Bertz CT molecular complexity index is 629. The first-order chi connectivity index (χ1) is 10.9. The summed E-state index contributed by atoms with van der Waals surface area (Å²) in [4.78, 5) is 14.1. The van der Waals surface area contributed by atoms with Crippen molar-refractivity contribution >= 4 is 28.9 Å². The highest BCUT2D eigenvalue weighted by atomic mass is 32.1. The maximum atomic E-state index is 12.9. The summed E-state index contributed by atoms with van der Waals surface area (Å²) in [6.07, 6.45) is -6.38. The van der Waals surface area contributed by atoms with Crippen LogP contribution in [0, 0.1) is 0 Å². The van der Waals surface area contributed by atoms with E-state index in [2.05, 4.69) is 5.32 Å². The first kappa shape index (κ1) is 16.2. The molecule has 0 aromatic heterocycles. The van der Waals surface area contributed by atoms with Gasteiger partial charge in [0, 0.05) is 0 Å². The number of hydrogen-bond donors (Lipinski definition) is 5. The molecule has 124 valence electrons. The maximum Gasteiger partial charge on any atom is 0.264 e. The zero-order valence-corrected chi connectivity index (χ0v) is 12.7. The van der Waals surface area contributed by atoms with Crippen molar-refractivity contribution in [2.75, 3.05) is 11.5 Å². The molecule has 3 unspecified atom stereocenters. The lowest BCUT2D eigenvalue weighted by Gasteiger charge is -2.45. The molecule has 0 radical (unpaired) electrons. The fourth-order valence-corrected chi connectivity index (χ4v) is 3.30. The molecule has 1 amide bonds. The highest BCUT2D eigenvalue weighted by Gasteiger charge is 2.65. The lowest BCUT2D eigenvalue weighted by molar-refractivity contribution is -0.276. The van der Waals surface area contributed by atoms with E-state index in [-0.39, 0.29) is 5.11 Å². The molecule has 1 spiro atoms. The van der Waals surface area contributed by atoms with Crippen LogP contribution in [0.5, 0.6) is 0 Å². The number of thiocarbonyl (C=S) groups is 1. The van der Waals surface area contributed by atoms with Gasteiger partial charge in [-0.05, 0) is 24.4 Å². The van der Waals surface area contributed by atoms with Crippen molar-refractivity contribution < 1.29 is 30.0 Å². The summed E-state index contributed by atoms with van der Waals surface area (Å²) in [5.41, 5.74) is -1.54. The monoisotopic (exact) mass is 340 g/mol. The van der Waals surface area contributed by atoms with Crippen LogP contribution >= 0.6 is 12.2 Å². The second-order valence-corrected chi connectivity index (χ2v) is 5.80. The standard InChI is InChI=1S/C14H16N2O6S/c17-6-8-9(18)14(10(19)11(20)22-8)12(21)16(13(23)15-14)7-4-2-1-3-5-7/h1-5,8-11,17-20H,6H2,(H,15,23)/t8?,9-,10?,11-,14?/m1/s1. The van der Waals surface area contributed by atoms with E-state index < -0.39 is 42.7 Å². The summed E-state index contributed by atoms with van der Waals surface area (Å²) in [5.74, 6) is -0.727. The number of nitrogens with one attached hydrogen (secondary N) is 1. The Morgan fingerprint density at radius 3 is 2.48 bits per heavy atom. The van der Waals surface area contributed by atoms with Gasteiger partial charge in [-0.1, -0.05) is 18.2 Å². The number of nitrogens with zero attached hydrogens (tertiary/aromatic N) is 1. The fraction of sp³-hybridized carbons (Fsp3) is 0.429. The van der Waals surface area contributed by atoms with E-state index in [1.807, 2.05) is 0 Å². The third kappa shape index (κ3) is 2.24. The molecular formula is C14H16N2O6S. The molecule has 0 aliphatic carbocycles. The Kier molecular flexibility index (Phi) is 4.08. The van der Waals surface area contributed by atoms with Gasteiger partial charge in [0.2, 0.25) is 0 Å². The Balaban J connectivity index is 2.05. The number of carbonyl (C=O) groups excluding carboxylic acids is 1. The molecule has 1 aromatic carbocycles. The van der Waals surface area contributed by atoms with Crippen LogP contribution in [-0.2, 0) is 9.53 Å². The van der Waals surface area contributed by atoms with E-state index in [1.165, 1.54) is 0 Å². The predicted molar refractivity (Wildman–Crippen MR) is 82.4 cm³/mol. The topological polar surface area (TPSA) is 122 Å². The van der Waals surface area contributed by atoms with Gasteiger partial charge in [0.15, 0.2) is 16.9 Å². The van der Waals surface area contributed by atoms with Crippen molar-refractivity contribution in [1.82, 2.24) is 5.32 Å². The van der Waals surface area contributed by atoms with E-state index in [4.69, 9.17) is 17.0 Å². The number of amides is 1. The molecule has 2 aliphatic heterocycles. The van der Waals surface area contributed by atoms with Crippen LogP contribution in [-0.4, -0.2) is 68.2 Å². The highest BCUT2D eigenvalue weighted by Crippen LogP contribution is 2.36. The molecule has 5 atom stereocenters. The van der Waals surface area contributed by atoms with Crippen LogP contribution in [0.1, 0.15) is 0 Å². The lowest BCUT2D eigenvalue weighted by atomic mass is 9.80. The van der Waals surface area contributed by atoms with Crippen molar-refractivity contribution in [1.29, 1.82) is 0 Å². The van der Waals surface area contributed by atoms with E-state index in [9.17, 15) is 25.2 Å².